The van der Waals surface area contributed by atoms with E-state index in [-0.39, 0.29) is 11.8 Å². The zero-order valence-electron chi connectivity index (χ0n) is 20.4. The SMILES string of the molecule is CCOc1ccc(CC2CCN(CCCCN3C(=O)c4ccccc4C3=O)CC2)c(OCC)c1. The van der Waals surface area contributed by atoms with Gasteiger partial charge in [-0.2, -0.15) is 0 Å². The van der Waals surface area contributed by atoms with Crippen molar-refractivity contribution in [2.75, 3.05) is 39.4 Å². The highest BCUT2D eigenvalue weighted by molar-refractivity contribution is 6.21. The molecule has 0 spiro atoms. The zero-order valence-corrected chi connectivity index (χ0v) is 20.4. The van der Waals surface area contributed by atoms with E-state index in [1.165, 1.54) is 23.3 Å². The highest BCUT2D eigenvalue weighted by Gasteiger charge is 2.34. The second-order valence-electron chi connectivity index (χ2n) is 9.14. The summed E-state index contributed by atoms with van der Waals surface area (Å²) < 4.78 is 11.5. The molecule has 1 saturated heterocycles. The van der Waals surface area contributed by atoms with Crippen molar-refractivity contribution < 1.29 is 19.1 Å². The van der Waals surface area contributed by atoms with Crippen LogP contribution in [0.5, 0.6) is 11.5 Å². The van der Waals surface area contributed by atoms with Gasteiger partial charge in [0.15, 0.2) is 0 Å². The van der Waals surface area contributed by atoms with Crippen LogP contribution < -0.4 is 9.47 Å². The minimum atomic E-state index is -0.151. The van der Waals surface area contributed by atoms with Crippen LogP contribution in [-0.2, 0) is 6.42 Å². The minimum absolute atomic E-state index is 0.151. The van der Waals surface area contributed by atoms with Crippen molar-refractivity contribution in [1.29, 1.82) is 0 Å². The number of carbonyl (C=O) groups is 2. The van der Waals surface area contributed by atoms with Crippen LogP contribution >= 0.6 is 0 Å². The Kier molecular flexibility index (Phi) is 8.22. The third-order valence-electron chi connectivity index (χ3n) is 6.85. The minimum Gasteiger partial charge on any atom is -0.494 e. The number of fused-ring (bicyclic) bond motifs is 1. The van der Waals surface area contributed by atoms with Crippen LogP contribution in [0.2, 0.25) is 0 Å². The molecule has 0 radical (unpaired) electrons. The number of carbonyl (C=O) groups excluding carboxylic acids is 2. The molecule has 0 unspecified atom stereocenters. The lowest BCUT2D eigenvalue weighted by molar-refractivity contribution is 0.0649. The topological polar surface area (TPSA) is 59.1 Å². The summed E-state index contributed by atoms with van der Waals surface area (Å²) in [7, 11) is 0. The maximum Gasteiger partial charge on any atom is 0.261 e. The summed E-state index contributed by atoms with van der Waals surface area (Å²) in [5, 5.41) is 0. The standard InChI is InChI=1S/C28H36N2O4/c1-3-33-23-12-11-22(26(20-23)34-4-2)19-21-13-17-29(18-14-21)15-7-8-16-30-27(31)24-9-5-6-10-25(24)28(30)32/h5-6,9-12,20-21H,3-4,7-8,13-19H2,1-2H3. The van der Waals surface area contributed by atoms with Crippen LogP contribution in [-0.4, -0.2) is 61.0 Å². The molecule has 4 rings (SSSR count). The van der Waals surface area contributed by atoms with Gasteiger partial charge in [-0.25, -0.2) is 0 Å². The fourth-order valence-electron chi connectivity index (χ4n) is 5.02. The van der Waals surface area contributed by atoms with E-state index in [9.17, 15) is 9.59 Å². The first kappa shape index (κ1) is 24.3. The summed E-state index contributed by atoms with van der Waals surface area (Å²) in [4.78, 5) is 28.9. The highest BCUT2D eigenvalue weighted by atomic mass is 16.5. The molecule has 0 bridgehead atoms. The van der Waals surface area contributed by atoms with Gasteiger partial charge in [-0.15, -0.1) is 0 Å². The molecule has 1 fully saturated rings. The molecule has 6 heteroatoms. The number of piperidine rings is 1. The number of imide groups is 1. The van der Waals surface area contributed by atoms with E-state index in [1.54, 1.807) is 12.1 Å². The first-order valence-corrected chi connectivity index (χ1v) is 12.7. The molecule has 182 valence electrons. The number of nitrogens with zero attached hydrogens (tertiary/aromatic N) is 2. The molecule has 2 aliphatic heterocycles. The predicted octanol–water partition coefficient (Wildman–Crippen LogP) is 4.81. The van der Waals surface area contributed by atoms with Crippen molar-refractivity contribution in [3.63, 3.8) is 0 Å². The average molecular weight is 465 g/mol. The van der Waals surface area contributed by atoms with Gasteiger partial charge in [0.25, 0.3) is 11.8 Å². The summed E-state index contributed by atoms with van der Waals surface area (Å²) >= 11 is 0. The largest absolute Gasteiger partial charge is 0.494 e. The molecule has 2 amide bonds. The van der Waals surface area contributed by atoms with E-state index in [0.717, 1.165) is 50.4 Å². The molecule has 6 nitrogen and oxygen atoms in total. The first-order valence-electron chi connectivity index (χ1n) is 12.7. The van der Waals surface area contributed by atoms with Gasteiger partial charge >= 0.3 is 0 Å². The second-order valence-corrected chi connectivity index (χ2v) is 9.14. The van der Waals surface area contributed by atoms with Crippen LogP contribution in [0.3, 0.4) is 0 Å². The molecule has 34 heavy (non-hydrogen) atoms. The third-order valence-corrected chi connectivity index (χ3v) is 6.85. The fraction of sp³-hybridized carbons (Fsp3) is 0.500. The van der Waals surface area contributed by atoms with Crippen LogP contribution in [0.4, 0.5) is 0 Å². The van der Waals surface area contributed by atoms with Gasteiger partial charge in [0.05, 0.1) is 24.3 Å². The quantitative estimate of drug-likeness (QED) is 0.353. The number of benzene rings is 2. The van der Waals surface area contributed by atoms with Gasteiger partial charge in [0.2, 0.25) is 0 Å². The molecule has 2 aliphatic rings. The molecule has 0 aliphatic carbocycles. The van der Waals surface area contributed by atoms with Gasteiger partial charge in [-0.05, 0) is 95.3 Å². The third kappa shape index (κ3) is 5.61. The molecule has 2 heterocycles. The van der Waals surface area contributed by atoms with E-state index < -0.39 is 0 Å². The monoisotopic (exact) mass is 464 g/mol. The number of rotatable bonds is 11. The van der Waals surface area contributed by atoms with Gasteiger partial charge in [-0.1, -0.05) is 18.2 Å². The van der Waals surface area contributed by atoms with Crippen LogP contribution in [0.15, 0.2) is 42.5 Å². The Morgan fingerprint density at radius 3 is 2.15 bits per heavy atom. The lowest BCUT2D eigenvalue weighted by Gasteiger charge is -2.32. The van der Waals surface area contributed by atoms with Gasteiger partial charge in [0.1, 0.15) is 11.5 Å². The number of hydrogen-bond acceptors (Lipinski definition) is 5. The Morgan fingerprint density at radius 1 is 0.853 bits per heavy atom. The van der Waals surface area contributed by atoms with Crippen molar-refractivity contribution in [3.05, 3.63) is 59.2 Å². The Balaban J connectivity index is 1.19. The lowest BCUT2D eigenvalue weighted by Crippen LogP contribution is -2.36. The van der Waals surface area contributed by atoms with Gasteiger partial charge in [-0.3, -0.25) is 14.5 Å². The van der Waals surface area contributed by atoms with Gasteiger partial charge in [0, 0.05) is 12.6 Å². The van der Waals surface area contributed by atoms with E-state index in [1.807, 2.05) is 38.1 Å². The molecule has 0 aromatic heterocycles. The summed E-state index contributed by atoms with van der Waals surface area (Å²) in [6.45, 7) is 9.03. The Labute approximate surface area is 202 Å². The summed E-state index contributed by atoms with van der Waals surface area (Å²) in [6, 6.07) is 13.3. The van der Waals surface area contributed by atoms with E-state index in [2.05, 4.69) is 11.0 Å². The molecular formula is C28H36N2O4. The zero-order chi connectivity index (χ0) is 23.9. The summed E-state index contributed by atoms with van der Waals surface area (Å²) in [5.74, 6) is 2.17. The highest BCUT2D eigenvalue weighted by Crippen LogP contribution is 2.30. The lowest BCUT2D eigenvalue weighted by atomic mass is 9.89. The second kappa shape index (κ2) is 11.5. The Hall–Kier alpha value is -2.86. The first-order chi connectivity index (χ1) is 16.6. The van der Waals surface area contributed by atoms with Crippen molar-refractivity contribution in [3.8, 4) is 11.5 Å². The van der Waals surface area contributed by atoms with Crippen LogP contribution in [0.1, 0.15) is 65.8 Å². The molecule has 0 atom stereocenters. The number of ether oxygens (including phenoxy) is 2. The van der Waals surface area contributed by atoms with Crippen molar-refractivity contribution in [2.24, 2.45) is 5.92 Å². The van der Waals surface area contributed by atoms with Crippen molar-refractivity contribution >= 4 is 11.8 Å². The number of likely N-dealkylation sites (tertiary alicyclic amines) is 1. The molecule has 2 aromatic rings. The smallest absolute Gasteiger partial charge is 0.261 e. The number of unbranched alkanes of at least 4 members (excludes halogenated alkanes) is 1. The Morgan fingerprint density at radius 2 is 1.50 bits per heavy atom. The number of hydrogen-bond donors (Lipinski definition) is 0. The molecular weight excluding hydrogens is 428 g/mol. The average Bonchev–Trinajstić information content (AvgIpc) is 3.09. The van der Waals surface area contributed by atoms with Crippen LogP contribution in [0.25, 0.3) is 0 Å². The molecule has 0 saturated carbocycles. The maximum absolute atomic E-state index is 12.5. The summed E-state index contributed by atoms with van der Waals surface area (Å²) in [6.07, 6.45) is 5.23. The van der Waals surface area contributed by atoms with Crippen molar-refractivity contribution in [2.45, 2.75) is 46.0 Å². The van der Waals surface area contributed by atoms with E-state index in [4.69, 9.17) is 9.47 Å². The Bertz CT molecular complexity index is 963. The number of amides is 2. The molecule has 0 N–H and O–H groups in total. The maximum atomic E-state index is 12.5. The predicted molar refractivity (Wildman–Crippen MR) is 133 cm³/mol. The van der Waals surface area contributed by atoms with Crippen molar-refractivity contribution in [1.82, 2.24) is 9.80 Å². The normalized spacial score (nSPS) is 16.7. The summed E-state index contributed by atoms with van der Waals surface area (Å²) in [5.41, 5.74) is 2.34. The van der Waals surface area contributed by atoms with E-state index in [0.29, 0.717) is 36.8 Å². The van der Waals surface area contributed by atoms with E-state index >= 15 is 0 Å². The fourth-order valence-corrected chi connectivity index (χ4v) is 5.02. The van der Waals surface area contributed by atoms with Crippen LogP contribution in [0, 0.1) is 5.92 Å². The van der Waals surface area contributed by atoms with Gasteiger partial charge < -0.3 is 14.4 Å². The molecule has 2 aromatic carbocycles.